The highest BCUT2D eigenvalue weighted by Crippen LogP contribution is 2.29. The van der Waals surface area contributed by atoms with Crippen molar-refractivity contribution in [3.63, 3.8) is 0 Å². The number of carbonyl (C=O) groups is 2. The molecule has 1 atom stereocenters. The van der Waals surface area contributed by atoms with Gasteiger partial charge in [-0.05, 0) is 48.6 Å². The summed E-state index contributed by atoms with van der Waals surface area (Å²) in [6.07, 6.45) is 0.200. The molecule has 1 heterocycles. The lowest BCUT2D eigenvalue weighted by Crippen LogP contribution is -2.56. The number of thiocarbonyl (C=S) groups is 1. The Labute approximate surface area is 175 Å². The average Bonchev–Trinajstić information content (AvgIpc) is 3.15. The van der Waals surface area contributed by atoms with E-state index in [1.165, 1.54) is 19.4 Å². The van der Waals surface area contributed by atoms with Gasteiger partial charge in [0.05, 0.1) is 18.9 Å². The molecular weight excluding hydrogens is 437 g/mol. The molecule has 2 rings (SSSR count). The molecule has 3 N–H and O–H groups in total. The van der Waals surface area contributed by atoms with Gasteiger partial charge in [0.2, 0.25) is 3.79 Å². The molecule has 0 spiro atoms. The Bertz CT molecular complexity index is 807. The number of nitrogens with one attached hydrogen (secondary N) is 3. The highest BCUT2D eigenvalue weighted by molar-refractivity contribution is 7.80. The van der Waals surface area contributed by atoms with E-state index in [0.29, 0.717) is 11.3 Å². The van der Waals surface area contributed by atoms with Gasteiger partial charge in [0.1, 0.15) is 6.17 Å². The molecule has 27 heavy (non-hydrogen) atoms. The maximum Gasteiger partial charge on any atom is 0.337 e. The summed E-state index contributed by atoms with van der Waals surface area (Å²) in [7, 11) is 1.29. The topological polar surface area (TPSA) is 92.6 Å². The van der Waals surface area contributed by atoms with E-state index < -0.39 is 21.8 Å². The van der Waals surface area contributed by atoms with Gasteiger partial charge in [0, 0.05) is 5.69 Å². The number of halogens is 3. The van der Waals surface area contributed by atoms with Crippen LogP contribution in [0.2, 0.25) is 0 Å². The number of amides is 1. The summed E-state index contributed by atoms with van der Waals surface area (Å²) in [4.78, 5) is 23.5. The second kappa shape index (κ2) is 9.27. The summed E-state index contributed by atoms with van der Waals surface area (Å²) in [6, 6.07) is 9.36. The number of ether oxygens (including phenoxy) is 1. The molecule has 11 heteroatoms. The van der Waals surface area contributed by atoms with Crippen LogP contribution in [-0.2, 0) is 4.74 Å². The summed E-state index contributed by atoms with van der Waals surface area (Å²) < 4.78 is 7.72. The zero-order valence-corrected chi connectivity index (χ0v) is 16.9. The van der Waals surface area contributed by atoms with Crippen LogP contribution in [0, 0.1) is 0 Å². The molecule has 7 nitrogen and oxygen atoms in total. The third kappa shape index (κ3) is 6.28. The van der Waals surface area contributed by atoms with Crippen molar-refractivity contribution >= 4 is 69.7 Å². The number of benzene rings is 1. The molecule has 1 aromatic heterocycles. The zero-order chi connectivity index (χ0) is 20.0. The van der Waals surface area contributed by atoms with Gasteiger partial charge in [0.15, 0.2) is 10.9 Å². The lowest BCUT2D eigenvalue weighted by Gasteiger charge is -2.27. The highest BCUT2D eigenvalue weighted by Gasteiger charge is 2.35. The zero-order valence-electron chi connectivity index (χ0n) is 13.8. The summed E-state index contributed by atoms with van der Waals surface area (Å²) in [5, 5.41) is 8.12. The minimum Gasteiger partial charge on any atom is -0.465 e. The average molecular weight is 451 g/mol. The summed E-state index contributed by atoms with van der Waals surface area (Å²) in [5.74, 6) is -0.999. The molecule has 1 unspecified atom stereocenters. The van der Waals surface area contributed by atoms with Gasteiger partial charge >= 0.3 is 5.97 Å². The number of alkyl halides is 3. The largest absolute Gasteiger partial charge is 0.465 e. The Hall–Kier alpha value is -2.00. The van der Waals surface area contributed by atoms with Crippen molar-refractivity contribution in [3.05, 3.63) is 54.0 Å². The first kappa shape index (κ1) is 21.3. The Morgan fingerprint density at radius 2 is 1.81 bits per heavy atom. The van der Waals surface area contributed by atoms with E-state index in [1.807, 2.05) is 0 Å². The highest BCUT2D eigenvalue weighted by atomic mass is 35.6. The van der Waals surface area contributed by atoms with Crippen LogP contribution in [0.15, 0.2) is 47.1 Å². The third-order valence-corrected chi connectivity index (χ3v) is 4.06. The van der Waals surface area contributed by atoms with Crippen LogP contribution in [0.1, 0.15) is 20.9 Å². The second-order valence-corrected chi connectivity index (χ2v) is 7.87. The molecule has 144 valence electrons. The quantitative estimate of drug-likeness (QED) is 0.278. The fourth-order valence-electron chi connectivity index (χ4n) is 1.92. The fourth-order valence-corrected chi connectivity index (χ4v) is 2.48. The first-order valence-corrected chi connectivity index (χ1v) is 8.92. The van der Waals surface area contributed by atoms with E-state index in [1.54, 1.807) is 30.3 Å². The SMILES string of the molecule is COC(=O)c1ccc(NC(=S)NC(NC(=O)c2ccco2)C(Cl)(Cl)Cl)cc1. The van der Waals surface area contributed by atoms with Gasteiger partial charge in [-0.1, -0.05) is 34.8 Å². The summed E-state index contributed by atoms with van der Waals surface area (Å²) in [5.41, 5.74) is 0.951. The van der Waals surface area contributed by atoms with Gasteiger partial charge in [-0.3, -0.25) is 4.79 Å². The predicted molar refractivity (Wildman–Crippen MR) is 107 cm³/mol. The van der Waals surface area contributed by atoms with E-state index in [2.05, 4.69) is 20.7 Å². The number of rotatable bonds is 5. The van der Waals surface area contributed by atoms with Crippen LogP contribution in [-0.4, -0.2) is 34.1 Å². The number of anilines is 1. The van der Waals surface area contributed by atoms with Crippen molar-refractivity contribution in [2.75, 3.05) is 12.4 Å². The van der Waals surface area contributed by atoms with Crippen LogP contribution < -0.4 is 16.0 Å². The first-order valence-electron chi connectivity index (χ1n) is 7.37. The second-order valence-electron chi connectivity index (χ2n) is 5.09. The van der Waals surface area contributed by atoms with Crippen molar-refractivity contribution in [3.8, 4) is 0 Å². The van der Waals surface area contributed by atoms with Gasteiger partial charge in [0.25, 0.3) is 5.91 Å². The van der Waals surface area contributed by atoms with Gasteiger partial charge in [-0.15, -0.1) is 0 Å². The number of esters is 1. The van der Waals surface area contributed by atoms with Crippen LogP contribution in [0.25, 0.3) is 0 Å². The van der Waals surface area contributed by atoms with Gasteiger partial charge in [-0.25, -0.2) is 4.79 Å². The molecule has 1 aromatic carbocycles. The minimum absolute atomic E-state index is 0.0494. The van der Waals surface area contributed by atoms with Crippen LogP contribution in [0.4, 0.5) is 5.69 Å². The summed E-state index contributed by atoms with van der Waals surface area (Å²) >= 11 is 22.9. The number of furan rings is 1. The molecule has 0 radical (unpaired) electrons. The van der Waals surface area contributed by atoms with Crippen LogP contribution in [0.5, 0.6) is 0 Å². The maximum atomic E-state index is 12.1. The Balaban J connectivity index is 2.01. The van der Waals surface area contributed by atoms with Crippen molar-refractivity contribution in [1.29, 1.82) is 0 Å². The lowest BCUT2D eigenvalue weighted by molar-refractivity contribution is 0.0600. The predicted octanol–water partition coefficient (Wildman–Crippen LogP) is 3.48. The van der Waals surface area contributed by atoms with E-state index in [-0.39, 0.29) is 10.9 Å². The first-order chi connectivity index (χ1) is 12.7. The molecule has 0 bridgehead atoms. The molecular formula is C16H14Cl3N3O4S. The molecule has 0 fully saturated rings. The maximum absolute atomic E-state index is 12.1. The van der Waals surface area contributed by atoms with Crippen LogP contribution >= 0.6 is 47.0 Å². The lowest BCUT2D eigenvalue weighted by atomic mass is 10.2. The van der Waals surface area contributed by atoms with Crippen molar-refractivity contribution in [1.82, 2.24) is 10.6 Å². The van der Waals surface area contributed by atoms with Gasteiger partial charge in [-0.2, -0.15) is 0 Å². The third-order valence-electron chi connectivity index (χ3n) is 3.19. The molecule has 0 saturated heterocycles. The van der Waals surface area contributed by atoms with E-state index in [9.17, 15) is 9.59 Å². The van der Waals surface area contributed by atoms with Crippen LogP contribution in [0.3, 0.4) is 0 Å². The molecule has 0 aliphatic carbocycles. The monoisotopic (exact) mass is 449 g/mol. The van der Waals surface area contributed by atoms with E-state index in [0.717, 1.165) is 0 Å². The molecule has 2 aromatic rings. The Kier molecular flexibility index (Phi) is 7.32. The number of hydrogen-bond donors (Lipinski definition) is 3. The number of hydrogen-bond acceptors (Lipinski definition) is 5. The van der Waals surface area contributed by atoms with Crippen molar-refractivity contribution < 1.29 is 18.7 Å². The molecule has 0 aliphatic rings. The molecule has 1 amide bonds. The Morgan fingerprint density at radius 1 is 1.15 bits per heavy atom. The standard InChI is InChI=1S/C16H14Cl3N3O4S/c1-25-13(24)9-4-6-10(7-5-9)20-15(27)22-14(16(17,18)19)21-12(23)11-3-2-8-26-11/h2-8,14H,1H3,(H,21,23)(H2,20,22,27). The molecule has 0 saturated carbocycles. The van der Waals surface area contributed by atoms with Crippen molar-refractivity contribution in [2.45, 2.75) is 9.96 Å². The number of methoxy groups -OCH3 is 1. The Morgan fingerprint density at radius 3 is 2.33 bits per heavy atom. The van der Waals surface area contributed by atoms with Gasteiger partial charge < -0.3 is 25.1 Å². The normalized spacial score (nSPS) is 12.0. The minimum atomic E-state index is -1.90. The number of carbonyl (C=O) groups excluding carboxylic acids is 2. The fraction of sp³-hybridized carbons (Fsp3) is 0.188. The van der Waals surface area contributed by atoms with Crippen molar-refractivity contribution in [2.24, 2.45) is 0 Å². The smallest absolute Gasteiger partial charge is 0.337 e. The summed E-state index contributed by atoms with van der Waals surface area (Å²) in [6.45, 7) is 0. The van der Waals surface area contributed by atoms with E-state index in [4.69, 9.17) is 51.4 Å². The van der Waals surface area contributed by atoms with E-state index >= 15 is 0 Å². The molecule has 0 aliphatic heterocycles.